The first kappa shape index (κ1) is 18.8. The van der Waals surface area contributed by atoms with Gasteiger partial charge in [-0.15, -0.1) is 10.2 Å². The molecule has 1 aromatic heterocycles. The number of nitrogens with zero attached hydrogens (tertiary/aromatic N) is 3. The Morgan fingerprint density at radius 1 is 1.35 bits per heavy atom. The van der Waals surface area contributed by atoms with Crippen molar-refractivity contribution in [2.24, 2.45) is 5.41 Å². The number of aromatic nitrogens is 2. The minimum Gasteiger partial charge on any atom is -0.312 e. The lowest BCUT2D eigenvalue weighted by molar-refractivity contribution is -0.123. The highest BCUT2D eigenvalue weighted by molar-refractivity contribution is 7.15. The highest BCUT2D eigenvalue weighted by Crippen LogP contribution is 2.35. The summed E-state index contributed by atoms with van der Waals surface area (Å²) in [5.74, 6) is -0.121. The zero-order valence-electron chi connectivity index (χ0n) is 15.2. The van der Waals surface area contributed by atoms with E-state index in [1.807, 2.05) is 45.9 Å². The number of carbonyl (C=O) groups is 2. The number of hydrogen-bond donors (Lipinski definition) is 1. The van der Waals surface area contributed by atoms with Gasteiger partial charge in [0.15, 0.2) is 0 Å². The first-order valence-electron chi connectivity index (χ1n) is 8.36. The van der Waals surface area contributed by atoms with Crippen LogP contribution in [0.25, 0.3) is 0 Å². The smallest absolute Gasteiger partial charge is 0.231 e. The van der Waals surface area contributed by atoms with E-state index in [1.165, 1.54) is 11.3 Å². The average Bonchev–Trinajstić information content (AvgIpc) is 3.16. The summed E-state index contributed by atoms with van der Waals surface area (Å²) in [4.78, 5) is 26.2. The lowest BCUT2D eigenvalue weighted by Gasteiger charge is -2.17. The van der Waals surface area contributed by atoms with Crippen LogP contribution in [0.1, 0.15) is 43.7 Å². The topological polar surface area (TPSA) is 75.2 Å². The van der Waals surface area contributed by atoms with Gasteiger partial charge in [0, 0.05) is 35.0 Å². The van der Waals surface area contributed by atoms with Gasteiger partial charge in [-0.25, -0.2) is 0 Å². The molecule has 8 heteroatoms. The minimum absolute atomic E-state index is 0.0328. The summed E-state index contributed by atoms with van der Waals surface area (Å²) in [7, 11) is 0. The summed E-state index contributed by atoms with van der Waals surface area (Å²) in [6, 6.07) is 5.62. The van der Waals surface area contributed by atoms with Crippen molar-refractivity contribution in [3.05, 3.63) is 33.8 Å². The Bertz CT molecular complexity index is 859. The maximum atomic E-state index is 12.4. The maximum absolute atomic E-state index is 12.4. The van der Waals surface area contributed by atoms with E-state index in [0.717, 1.165) is 16.3 Å². The van der Waals surface area contributed by atoms with Crippen molar-refractivity contribution >= 4 is 45.6 Å². The number of anilines is 2. The van der Waals surface area contributed by atoms with Gasteiger partial charge in [-0.3, -0.25) is 9.59 Å². The average molecular weight is 393 g/mol. The number of rotatable bonds is 3. The third-order valence-corrected chi connectivity index (χ3v) is 5.69. The summed E-state index contributed by atoms with van der Waals surface area (Å²) in [5.41, 5.74) is 1.26. The fourth-order valence-corrected chi connectivity index (χ4v) is 3.61. The standard InChI is InChI=1S/C18H21ClN4O2S/c1-10-5-6-12(8-13(10)19)23-9-11(7-14(23)24)15-21-22-17(26-15)20-16(25)18(2,3)4/h5-6,8,11H,7,9H2,1-4H3,(H,20,22,25). The summed E-state index contributed by atoms with van der Waals surface area (Å²) in [6.07, 6.45) is 0.368. The summed E-state index contributed by atoms with van der Waals surface area (Å²) in [5, 5.41) is 12.9. The summed E-state index contributed by atoms with van der Waals surface area (Å²) >= 11 is 7.50. The molecule has 0 spiro atoms. The minimum atomic E-state index is -0.503. The molecule has 6 nitrogen and oxygen atoms in total. The molecule has 1 saturated heterocycles. The highest BCUT2D eigenvalue weighted by atomic mass is 35.5. The van der Waals surface area contributed by atoms with Crippen molar-refractivity contribution in [3.8, 4) is 0 Å². The molecule has 1 aliphatic heterocycles. The first-order valence-corrected chi connectivity index (χ1v) is 9.56. The van der Waals surface area contributed by atoms with Crippen molar-refractivity contribution in [2.45, 2.75) is 40.0 Å². The van der Waals surface area contributed by atoms with Gasteiger partial charge >= 0.3 is 0 Å². The second kappa shape index (κ2) is 6.96. The molecule has 138 valence electrons. The molecule has 0 bridgehead atoms. The van der Waals surface area contributed by atoms with E-state index in [1.54, 1.807) is 4.90 Å². The lowest BCUT2D eigenvalue weighted by atomic mass is 9.96. The molecule has 2 aromatic rings. The third kappa shape index (κ3) is 3.88. The van der Waals surface area contributed by atoms with Crippen LogP contribution in [0.4, 0.5) is 10.8 Å². The number of aryl methyl sites for hydroxylation is 1. The van der Waals surface area contributed by atoms with E-state index < -0.39 is 5.41 Å². The summed E-state index contributed by atoms with van der Waals surface area (Å²) in [6.45, 7) is 7.97. The molecule has 1 aliphatic rings. The second-order valence-corrected chi connectivity index (χ2v) is 8.90. The van der Waals surface area contributed by atoms with Gasteiger partial charge in [0.25, 0.3) is 0 Å². The van der Waals surface area contributed by atoms with Crippen molar-refractivity contribution in [2.75, 3.05) is 16.8 Å². The van der Waals surface area contributed by atoms with Crippen molar-refractivity contribution < 1.29 is 9.59 Å². The molecule has 0 radical (unpaired) electrons. The maximum Gasteiger partial charge on any atom is 0.231 e. The Morgan fingerprint density at radius 3 is 2.73 bits per heavy atom. The molecule has 0 aliphatic carbocycles. The molecule has 2 amide bonds. The molecule has 1 N–H and O–H groups in total. The van der Waals surface area contributed by atoms with Crippen LogP contribution in [0.15, 0.2) is 18.2 Å². The second-order valence-electron chi connectivity index (χ2n) is 7.49. The van der Waals surface area contributed by atoms with E-state index in [0.29, 0.717) is 23.1 Å². The van der Waals surface area contributed by atoms with Gasteiger partial charge in [-0.2, -0.15) is 0 Å². The fourth-order valence-electron chi connectivity index (χ4n) is 2.61. The van der Waals surface area contributed by atoms with E-state index in [-0.39, 0.29) is 17.7 Å². The van der Waals surface area contributed by atoms with E-state index >= 15 is 0 Å². The molecule has 3 rings (SSSR count). The van der Waals surface area contributed by atoms with Gasteiger partial charge < -0.3 is 10.2 Å². The zero-order chi connectivity index (χ0) is 19.1. The number of hydrogen-bond acceptors (Lipinski definition) is 5. The highest BCUT2D eigenvalue weighted by Gasteiger charge is 2.34. The van der Waals surface area contributed by atoms with Gasteiger partial charge in [0.1, 0.15) is 5.01 Å². The van der Waals surface area contributed by atoms with Gasteiger partial charge in [-0.05, 0) is 24.6 Å². The van der Waals surface area contributed by atoms with Crippen molar-refractivity contribution in [1.29, 1.82) is 0 Å². The Morgan fingerprint density at radius 2 is 2.08 bits per heavy atom. The van der Waals surface area contributed by atoms with Crippen LogP contribution in [-0.2, 0) is 9.59 Å². The Kier molecular flexibility index (Phi) is 5.03. The molecule has 1 fully saturated rings. The normalized spacial score (nSPS) is 17.7. The molecule has 2 heterocycles. The molecular weight excluding hydrogens is 372 g/mol. The van der Waals surface area contributed by atoms with Crippen LogP contribution >= 0.6 is 22.9 Å². The van der Waals surface area contributed by atoms with Crippen LogP contribution in [0.3, 0.4) is 0 Å². The van der Waals surface area contributed by atoms with E-state index in [2.05, 4.69) is 15.5 Å². The molecule has 0 saturated carbocycles. The van der Waals surface area contributed by atoms with Crippen LogP contribution < -0.4 is 10.2 Å². The monoisotopic (exact) mass is 392 g/mol. The molecule has 26 heavy (non-hydrogen) atoms. The van der Waals surface area contributed by atoms with E-state index in [9.17, 15) is 9.59 Å². The van der Waals surface area contributed by atoms with Crippen LogP contribution in [0.2, 0.25) is 5.02 Å². The first-order chi connectivity index (χ1) is 12.1. The number of benzene rings is 1. The van der Waals surface area contributed by atoms with Gasteiger partial charge in [-0.1, -0.05) is 49.8 Å². The predicted molar refractivity (Wildman–Crippen MR) is 104 cm³/mol. The third-order valence-electron chi connectivity index (χ3n) is 4.28. The fraction of sp³-hybridized carbons (Fsp3) is 0.444. The molecule has 1 atom stereocenters. The Hall–Kier alpha value is -1.99. The van der Waals surface area contributed by atoms with Gasteiger partial charge in [0.2, 0.25) is 16.9 Å². The largest absolute Gasteiger partial charge is 0.312 e. The zero-order valence-corrected chi connectivity index (χ0v) is 16.7. The number of carbonyl (C=O) groups excluding carboxylic acids is 2. The van der Waals surface area contributed by atoms with Crippen LogP contribution in [0.5, 0.6) is 0 Å². The SMILES string of the molecule is Cc1ccc(N2CC(c3nnc(NC(=O)C(C)(C)C)s3)CC2=O)cc1Cl. The predicted octanol–water partition coefficient (Wildman–Crippen LogP) is 4.01. The number of halogens is 1. The van der Waals surface area contributed by atoms with Crippen molar-refractivity contribution in [1.82, 2.24) is 10.2 Å². The lowest BCUT2D eigenvalue weighted by Crippen LogP contribution is -2.27. The van der Waals surface area contributed by atoms with Gasteiger partial charge in [0.05, 0.1) is 0 Å². The Balaban J connectivity index is 1.73. The number of nitrogens with one attached hydrogen (secondary N) is 1. The summed E-state index contributed by atoms with van der Waals surface area (Å²) < 4.78 is 0. The quantitative estimate of drug-likeness (QED) is 0.856. The van der Waals surface area contributed by atoms with E-state index in [4.69, 9.17) is 11.6 Å². The number of amides is 2. The molecular formula is C18H21ClN4O2S. The molecule has 1 aromatic carbocycles. The Labute approximate surface area is 161 Å². The molecule has 1 unspecified atom stereocenters. The van der Waals surface area contributed by atoms with Crippen molar-refractivity contribution in [3.63, 3.8) is 0 Å². The van der Waals surface area contributed by atoms with Crippen LogP contribution in [0, 0.1) is 12.3 Å². The van der Waals surface area contributed by atoms with Crippen LogP contribution in [-0.4, -0.2) is 28.6 Å².